The SMILES string of the molecule is O=C(O)C(Cc1ccc(Cl)cc1F)c1cccs1. The van der Waals surface area contributed by atoms with Crippen molar-refractivity contribution in [3.05, 3.63) is 57.0 Å². The van der Waals surface area contributed by atoms with Gasteiger partial charge in [0.15, 0.2) is 0 Å². The number of aliphatic carboxylic acids is 1. The third kappa shape index (κ3) is 2.89. The van der Waals surface area contributed by atoms with E-state index >= 15 is 0 Å². The molecule has 2 rings (SSSR count). The molecule has 1 unspecified atom stereocenters. The zero-order chi connectivity index (χ0) is 13.1. The largest absolute Gasteiger partial charge is 0.481 e. The average molecular weight is 285 g/mol. The van der Waals surface area contributed by atoms with Crippen LogP contribution in [0.3, 0.4) is 0 Å². The molecule has 0 saturated carbocycles. The van der Waals surface area contributed by atoms with Crippen molar-refractivity contribution in [3.63, 3.8) is 0 Å². The molecule has 0 aliphatic rings. The van der Waals surface area contributed by atoms with Gasteiger partial charge in [-0.3, -0.25) is 4.79 Å². The van der Waals surface area contributed by atoms with Gasteiger partial charge >= 0.3 is 5.97 Å². The van der Waals surface area contributed by atoms with Crippen molar-refractivity contribution in [2.24, 2.45) is 0 Å². The van der Waals surface area contributed by atoms with Gasteiger partial charge in [-0.2, -0.15) is 0 Å². The molecule has 0 aliphatic carbocycles. The number of thiophene rings is 1. The summed E-state index contributed by atoms with van der Waals surface area (Å²) in [5.41, 5.74) is 0.361. The molecule has 0 bridgehead atoms. The standard InChI is InChI=1S/C13H10ClFO2S/c14-9-4-3-8(11(15)7-9)6-10(13(16)17)12-2-1-5-18-12/h1-5,7,10H,6H2,(H,16,17). The molecule has 94 valence electrons. The normalized spacial score (nSPS) is 12.3. The Labute approximate surface area is 113 Å². The molecule has 0 radical (unpaired) electrons. The van der Waals surface area contributed by atoms with Crippen LogP contribution in [0, 0.1) is 5.82 Å². The van der Waals surface area contributed by atoms with Crippen molar-refractivity contribution in [1.82, 2.24) is 0 Å². The molecular weight excluding hydrogens is 275 g/mol. The minimum atomic E-state index is -0.952. The van der Waals surface area contributed by atoms with E-state index in [9.17, 15) is 14.3 Å². The quantitative estimate of drug-likeness (QED) is 0.923. The first-order valence-corrected chi connectivity index (χ1v) is 6.54. The Kier molecular flexibility index (Phi) is 3.99. The van der Waals surface area contributed by atoms with E-state index < -0.39 is 17.7 Å². The summed E-state index contributed by atoms with van der Waals surface area (Å²) in [6, 6.07) is 7.82. The van der Waals surface area contributed by atoms with E-state index in [4.69, 9.17) is 11.6 Å². The Morgan fingerprint density at radius 1 is 1.44 bits per heavy atom. The second-order valence-corrected chi connectivity index (χ2v) is 5.26. The van der Waals surface area contributed by atoms with Gasteiger partial charge in [0.05, 0.1) is 5.92 Å². The van der Waals surface area contributed by atoms with Gasteiger partial charge < -0.3 is 5.11 Å². The molecule has 1 heterocycles. The maximum atomic E-state index is 13.6. The van der Waals surface area contributed by atoms with Crippen LogP contribution in [0.1, 0.15) is 16.4 Å². The smallest absolute Gasteiger partial charge is 0.312 e. The van der Waals surface area contributed by atoms with Crippen molar-refractivity contribution in [1.29, 1.82) is 0 Å². The highest BCUT2D eigenvalue weighted by atomic mass is 35.5. The third-order valence-corrected chi connectivity index (χ3v) is 3.84. The number of carboxylic acid groups (broad SMARTS) is 1. The second-order valence-electron chi connectivity index (χ2n) is 3.85. The maximum Gasteiger partial charge on any atom is 0.312 e. The fraction of sp³-hybridized carbons (Fsp3) is 0.154. The minimum Gasteiger partial charge on any atom is -0.481 e. The number of benzene rings is 1. The molecule has 0 saturated heterocycles. The summed E-state index contributed by atoms with van der Waals surface area (Å²) < 4.78 is 13.6. The first-order chi connectivity index (χ1) is 8.58. The van der Waals surface area contributed by atoms with Gasteiger partial charge in [0.2, 0.25) is 0 Å². The van der Waals surface area contributed by atoms with Crippen LogP contribution >= 0.6 is 22.9 Å². The summed E-state index contributed by atoms with van der Waals surface area (Å²) in [6.07, 6.45) is 0.124. The summed E-state index contributed by atoms with van der Waals surface area (Å²) in [5.74, 6) is -2.14. The van der Waals surface area contributed by atoms with E-state index in [1.807, 2.05) is 5.38 Å². The number of carbonyl (C=O) groups is 1. The molecule has 2 aromatic rings. The predicted molar refractivity (Wildman–Crippen MR) is 69.8 cm³/mol. The van der Waals surface area contributed by atoms with Crippen LogP contribution in [0.25, 0.3) is 0 Å². The van der Waals surface area contributed by atoms with Crippen LogP contribution in [-0.2, 0) is 11.2 Å². The van der Waals surface area contributed by atoms with Crippen LogP contribution in [-0.4, -0.2) is 11.1 Å². The molecule has 0 aliphatic heterocycles. The molecule has 18 heavy (non-hydrogen) atoms. The number of hydrogen-bond donors (Lipinski definition) is 1. The molecule has 0 fully saturated rings. The summed E-state index contributed by atoms with van der Waals surface area (Å²) in [7, 11) is 0. The zero-order valence-corrected chi connectivity index (χ0v) is 10.8. The lowest BCUT2D eigenvalue weighted by atomic mass is 9.97. The lowest BCUT2D eigenvalue weighted by molar-refractivity contribution is -0.138. The first kappa shape index (κ1) is 13.1. The number of carboxylic acids is 1. The molecule has 1 N–H and O–H groups in total. The lowest BCUT2D eigenvalue weighted by Crippen LogP contribution is -2.13. The van der Waals surface area contributed by atoms with Crippen molar-refractivity contribution in [2.75, 3.05) is 0 Å². The molecule has 1 aromatic carbocycles. The van der Waals surface area contributed by atoms with E-state index in [-0.39, 0.29) is 6.42 Å². The van der Waals surface area contributed by atoms with Gasteiger partial charge in [-0.05, 0) is 35.6 Å². The van der Waals surface area contributed by atoms with Crippen LogP contribution in [0.5, 0.6) is 0 Å². The maximum absolute atomic E-state index is 13.6. The Hall–Kier alpha value is -1.39. The first-order valence-electron chi connectivity index (χ1n) is 5.28. The van der Waals surface area contributed by atoms with E-state index in [2.05, 4.69) is 0 Å². The summed E-state index contributed by atoms with van der Waals surface area (Å²) in [5, 5.41) is 11.3. The molecule has 0 amide bonds. The zero-order valence-electron chi connectivity index (χ0n) is 9.27. The van der Waals surface area contributed by atoms with E-state index in [0.29, 0.717) is 10.6 Å². The lowest BCUT2D eigenvalue weighted by Gasteiger charge is -2.11. The Morgan fingerprint density at radius 3 is 2.78 bits per heavy atom. The van der Waals surface area contributed by atoms with Gasteiger partial charge in [-0.25, -0.2) is 4.39 Å². The van der Waals surface area contributed by atoms with Crippen LogP contribution < -0.4 is 0 Å². The highest BCUT2D eigenvalue weighted by Gasteiger charge is 2.22. The van der Waals surface area contributed by atoms with Crippen molar-refractivity contribution >= 4 is 28.9 Å². The highest BCUT2D eigenvalue weighted by Crippen LogP contribution is 2.27. The molecule has 2 nitrogen and oxygen atoms in total. The van der Waals surface area contributed by atoms with E-state index in [1.54, 1.807) is 18.2 Å². The molecule has 0 spiro atoms. The summed E-state index contributed by atoms with van der Waals surface area (Å²) >= 11 is 7.02. The number of rotatable bonds is 4. The highest BCUT2D eigenvalue weighted by molar-refractivity contribution is 7.10. The summed E-state index contributed by atoms with van der Waals surface area (Å²) in [6.45, 7) is 0. The van der Waals surface area contributed by atoms with Gasteiger partial charge in [-0.15, -0.1) is 11.3 Å². The molecule has 5 heteroatoms. The van der Waals surface area contributed by atoms with E-state index in [0.717, 1.165) is 4.88 Å². The van der Waals surface area contributed by atoms with Crippen LogP contribution in [0.4, 0.5) is 4.39 Å². The van der Waals surface area contributed by atoms with Gasteiger partial charge in [-0.1, -0.05) is 23.7 Å². The van der Waals surface area contributed by atoms with Crippen LogP contribution in [0.2, 0.25) is 5.02 Å². The van der Waals surface area contributed by atoms with E-state index in [1.165, 1.54) is 23.5 Å². The second kappa shape index (κ2) is 5.50. The topological polar surface area (TPSA) is 37.3 Å². The molecule has 1 aromatic heterocycles. The predicted octanol–water partition coefficient (Wildman–Crippen LogP) is 3.95. The number of hydrogen-bond acceptors (Lipinski definition) is 2. The van der Waals surface area contributed by atoms with Crippen molar-refractivity contribution < 1.29 is 14.3 Å². The van der Waals surface area contributed by atoms with Gasteiger partial charge in [0, 0.05) is 9.90 Å². The fourth-order valence-corrected chi connectivity index (χ4v) is 2.68. The minimum absolute atomic E-state index is 0.124. The third-order valence-electron chi connectivity index (χ3n) is 2.62. The average Bonchev–Trinajstić information content (AvgIpc) is 2.80. The van der Waals surface area contributed by atoms with Gasteiger partial charge in [0.25, 0.3) is 0 Å². The van der Waals surface area contributed by atoms with Crippen molar-refractivity contribution in [3.8, 4) is 0 Å². The Morgan fingerprint density at radius 2 is 2.22 bits per heavy atom. The number of halogens is 2. The fourth-order valence-electron chi connectivity index (χ4n) is 1.71. The van der Waals surface area contributed by atoms with Gasteiger partial charge in [0.1, 0.15) is 5.82 Å². The Balaban J connectivity index is 2.27. The Bertz CT molecular complexity index is 554. The molecule has 1 atom stereocenters. The molecular formula is C13H10ClFO2S. The monoisotopic (exact) mass is 284 g/mol. The van der Waals surface area contributed by atoms with Crippen molar-refractivity contribution in [2.45, 2.75) is 12.3 Å². The van der Waals surface area contributed by atoms with Crippen LogP contribution in [0.15, 0.2) is 35.7 Å². The summed E-state index contributed by atoms with van der Waals surface area (Å²) in [4.78, 5) is 12.0.